The number of hydrogen-bond acceptors (Lipinski definition) is 4. The molecule has 1 rings (SSSR count). The van der Waals surface area contributed by atoms with Crippen molar-refractivity contribution in [3.05, 3.63) is 33.2 Å². The molecule has 0 bridgehead atoms. The van der Waals surface area contributed by atoms with E-state index in [0.717, 1.165) is 0 Å². The first-order chi connectivity index (χ1) is 7.99. The van der Waals surface area contributed by atoms with Crippen molar-refractivity contribution in [3.8, 4) is 0 Å². The molecule has 1 aromatic heterocycles. The van der Waals surface area contributed by atoms with Gasteiger partial charge in [0, 0.05) is 12.1 Å². The summed E-state index contributed by atoms with van der Waals surface area (Å²) < 4.78 is 29.5. The Hall–Kier alpha value is -1.76. The predicted molar refractivity (Wildman–Crippen MR) is 55.6 cm³/mol. The molecule has 0 aliphatic rings. The zero-order chi connectivity index (χ0) is 13.0. The number of hydrogen-bond donors (Lipinski definition) is 2. The zero-order valence-electron chi connectivity index (χ0n) is 9.13. The van der Waals surface area contributed by atoms with Crippen molar-refractivity contribution >= 4 is 5.97 Å². The number of methoxy groups -OCH3 is 1. The fourth-order valence-electron chi connectivity index (χ4n) is 1.36. The highest BCUT2D eigenvalue weighted by Gasteiger charge is 2.17. The number of carbonyl (C=O) groups excluding carboxylic acids is 1. The summed E-state index contributed by atoms with van der Waals surface area (Å²) in [4.78, 5) is 24.5. The van der Waals surface area contributed by atoms with E-state index in [1.807, 2.05) is 4.98 Å². The van der Waals surface area contributed by atoms with Crippen LogP contribution in [0.15, 0.2) is 10.9 Å². The fourth-order valence-corrected chi connectivity index (χ4v) is 1.36. The molecule has 94 valence electrons. The largest absolute Gasteiger partial charge is 0.469 e. The number of aromatic amines is 1. The average Bonchev–Trinajstić information content (AvgIpc) is 2.30. The van der Waals surface area contributed by atoms with Crippen LogP contribution in [-0.4, -0.2) is 18.1 Å². The number of nitrogens with two attached hydrogens (primary N) is 1. The van der Waals surface area contributed by atoms with Gasteiger partial charge in [-0.2, -0.15) is 0 Å². The molecule has 0 saturated carbocycles. The molecule has 7 heteroatoms. The molecule has 0 fully saturated rings. The summed E-state index contributed by atoms with van der Waals surface area (Å²) in [5.41, 5.74) is 4.22. The molecule has 0 spiro atoms. The quantitative estimate of drug-likeness (QED) is 0.757. The SMILES string of the molecule is COC(=O)Cc1cc(CN)c(C(F)F)[nH]c1=O. The van der Waals surface area contributed by atoms with E-state index in [1.54, 1.807) is 0 Å². The number of pyridine rings is 1. The lowest BCUT2D eigenvalue weighted by atomic mass is 10.1. The fraction of sp³-hybridized carbons (Fsp3) is 0.400. The van der Waals surface area contributed by atoms with Gasteiger partial charge in [-0.3, -0.25) is 9.59 Å². The first kappa shape index (κ1) is 13.3. The van der Waals surface area contributed by atoms with E-state index >= 15 is 0 Å². The molecule has 0 radical (unpaired) electrons. The third kappa shape index (κ3) is 3.10. The van der Waals surface area contributed by atoms with Gasteiger partial charge >= 0.3 is 5.97 Å². The minimum Gasteiger partial charge on any atom is -0.469 e. The van der Waals surface area contributed by atoms with Crippen molar-refractivity contribution in [2.75, 3.05) is 7.11 Å². The maximum Gasteiger partial charge on any atom is 0.310 e. The molecule has 1 heterocycles. The van der Waals surface area contributed by atoms with Crippen molar-refractivity contribution in [1.29, 1.82) is 0 Å². The first-order valence-electron chi connectivity index (χ1n) is 4.79. The highest BCUT2D eigenvalue weighted by Crippen LogP contribution is 2.19. The molecule has 3 N–H and O–H groups in total. The molecule has 5 nitrogen and oxygen atoms in total. The Kier molecular flexibility index (Phi) is 4.33. The summed E-state index contributed by atoms with van der Waals surface area (Å²) in [6.07, 6.45) is -3.09. The maximum atomic E-state index is 12.5. The number of alkyl halides is 2. The zero-order valence-corrected chi connectivity index (χ0v) is 9.13. The number of esters is 1. The Labute approximate surface area is 95.6 Å². The third-order valence-corrected chi connectivity index (χ3v) is 2.23. The van der Waals surface area contributed by atoms with Crippen molar-refractivity contribution in [2.24, 2.45) is 5.73 Å². The smallest absolute Gasteiger partial charge is 0.310 e. The summed E-state index contributed by atoms with van der Waals surface area (Å²) in [7, 11) is 1.17. The lowest BCUT2D eigenvalue weighted by molar-refractivity contribution is -0.139. The highest BCUT2D eigenvalue weighted by atomic mass is 19.3. The van der Waals surface area contributed by atoms with Gasteiger partial charge in [0.15, 0.2) is 0 Å². The number of rotatable bonds is 4. The Balaban J connectivity index is 3.18. The molecule has 0 aliphatic heterocycles. The van der Waals surface area contributed by atoms with Crippen LogP contribution in [0.1, 0.15) is 23.2 Å². The summed E-state index contributed by atoms with van der Waals surface area (Å²) in [5, 5.41) is 0. The maximum absolute atomic E-state index is 12.5. The van der Waals surface area contributed by atoms with Crippen molar-refractivity contribution < 1.29 is 18.3 Å². The van der Waals surface area contributed by atoms with E-state index in [1.165, 1.54) is 13.2 Å². The second-order valence-corrected chi connectivity index (χ2v) is 3.32. The molecule has 1 aromatic rings. The van der Waals surface area contributed by atoms with E-state index in [0.29, 0.717) is 0 Å². The van der Waals surface area contributed by atoms with Gasteiger partial charge in [-0.05, 0) is 11.6 Å². The number of carbonyl (C=O) groups is 1. The lowest BCUT2D eigenvalue weighted by Gasteiger charge is -2.08. The molecule has 17 heavy (non-hydrogen) atoms. The van der Waals surface area contributed by atoms with Crippen LogP contribution in [-0.2, 0) is 22.5 Å². The molecule has 0 amide bonds. The van der Waals surface area contributed by atoms with Crippen LogP contribution in [0, 0.1) is 0 Å². The molecular formula is C10H12F2N2O3. The number of H-pyrrole nitrogens is 1. The number of ether oxygens (including phenoxy) is 1. The number of halogens is 2. The monoisotopic (exact) mass is 246 g/mol. The van der Waals surface area contributed by atoms with Crippen LogP contribution >= 0.6 is 0 Å². The van der Waals surface area contributed by atoms with Crippen molar-refractivity contribution in [1.82, 2.24) is 4.98 Å². The van der Waals surface area contributed by atoms with Crippen molar-refractivity contribution in [2.45, 2.75) is 19.4 Å². The van der Waals surface area contributed by atoms with Gasteiger partial charge in [-0.15, -0.1) is 0 Å². The van der Waals surface area contributed by atoms with Gasteiger partial charge in [0.1, 0.15) is 0 Å². The van der Waals surface area contributed by atoms with E-state index in [-0.39, 0.29) is 24.1 Å². The first-order valence-corrected chi connectivity index (χ1v) is 4.79. The number of aromatic nitrogens is 1. The second-order valence-electron chi connectivity index (χ2n) is 3.32. The van der Waals surface area contributed by atoms with Crippen LogP contribution in [0.3, 0.4) is 0 Å². The molecule has 0 aliphatic carbocycles. The number of nitrogens with one attached hydrogen (secondary N) is 1. The Bertz CT molecular complexity index is 471. The van der Waals surface area contributed by atoms with Crippen LogP contribution in [0.2, 0.25) is 0 Å². The minimum atomic E-state index is -2.81. The van der Waals surface area contributed by atoms with E-state index in [9.17, 15) is 18.4 Å². The van der Waals surface area contributed by atoms with Crippen molar-refractivity contribution in [3.63, 3.8) is 0 Å². The topological polar surface area (TPSA) is 85.2 Å². The van der Waals surface area contributed by atoms with Gasteiger partial charge in [-0.25, -0.2) is 8.78 Å². The van der Waals surface area contributed by atoms with E-state index in [2.05, 4.69) is 4.74 Å². The van der Waals surface area contributed by atoms with E-state index in [4.69, 9.17) is 5.73 Å². The molecular weight excluding hydrogens is 234 g/mol. The standard InChI is InChI=1S/C10H12F2N2O3/c1-17-7(15)3-5-2-6(4-13)8(9(11)12)14-10(5)16/h2,9H,3-4,13H2,1H3,(H,14,16). The van der Waals surface area contributed by atoms with Crippen LogP contribution in [0.25, 0.3) is 0 Å². The molecule has 0 saturated heterocycles. The molecule has 0 aromatic carbocycles. The minimum absolute atomic E-state index is 0.0571. The van der Waals surface area contributed by atoms with Crippen LogP contribution in [0.4, 0.5) is 8.78 Å². The summed E-state index contributed by atoms with van der Waals surface area (Å²) in [5.74, 6) is -0.622. The Morgan fingerprint density at radius 3 is 2.65 bits per heavy atom. The van der Waals surface area contributed by atoms with Gasteiger partial charge in [-0.1, -0.05) is 0 Å². The van der Waals surface area contributed by atoms with Gasteiger partial charge in [0.2, 0.25) is 0 Å². The van der Waals surface area contributed by atoms with Crippen LogP contribution < -0.4 is 11.3 Å². The average molecular weight is 246 g/mol. The Morgan fingerprint density at radius 1 is 1.53 bits per heavy atom. The van der Waals surface area contributed by atoms with Gasteiger partial charge in [0.05, 0.1) is 19.2 Å². The van der Waals surface area contributed by atoms with Gasteiger partial charge in [0.25, 0.3) is 12.0 Å². The second kappa shape index (κ2) is 5.53. The predicted octanol–water partition coefficient (Wildman–Crippen LogP) is 0.487. The van der Waals surface area contributed by atoms with Crippen LogP contribution in [0.5, 0.6) is 0 Å². The lowest BCUT2D eigenvalue weighted by Crippen LogP contribution is -2.21. The molecule has 0 unspecified atom stereocenters. The van der Waals surface area contributed by atoms with Gasteiger partial charge < -0.3 is 15.5 Å². The molecule has 0 atom stereocenters. The third-order valence-electron chi connectivity index (χ3n) is 2.23. The summed E-state index contributed by atoms with van der Waals surface area (Å²) >= 11 is 0. The summed E-state index contributed by atoms with van der Waals surface area (Å²) in [6, 6.07) is 1.21. The summed E-state index contributed by atoms with van der Waals surface area (Å²) in [6.45, 7) is -0.148. The normalized spacial score (nSPS) is 10.6. The Morgan fingerprint density at radius 2 is 2.18 bits per heavy atom. The highest BCUT2D eigenvalue weighted by molar-refractivity contribution is 5.72. The van der Waals surface area contributed by atoms with E-state index < -0.39 is 23.6 Å².